The molecule has 0 bridgehead atoms. The van der Waals surface area contributed by atoms with E-state index in [1.807, 2.05) is 30.3 Å². The third kappa shape index (κ3) is 2.34. The van der Waals surface area contributed by atoms with Crippen molar-refractivity contribution in [1.29, 1.82) is 0 Å². The Labute approximate surface area is 63.5 Å². The number of hydrogen-bond acceptors (Lipinski definition) is 0. The molecule has 0 atom stereocenters. The van der Waals surface area contributed by atoms with Crippen molar-refractivity contribution in [3.8, 4) is 0 Å². The summed E-state index contributed by atoms with van der Waals surface area (Å²) in [4.78, 5) is 0. The van der Waals surface area contributed by atoms with Crippen LogP contribution in [0.4, 0.5) is 0 Å². The SMILES string of the molecule is Brc1ccccc1.Cl. The van der Waals surface area contributed by atoms with Gasteiger partial charge in [0.25, 0.3) is 0 Å². The van der Waals surface area contributed by atoms with Crippen molar-refractivity contribution in [2.75, 3.05) is 0 Å². The first-order valence-electron chi connectivity index (χ1n) is 2.10. The van der Waals surface area contributed by atoms with E-state index in [4.69, 9.17) is 0 Å². The van der Waals surface area contributed by atoms with E-state index in [9.17, 15) is 0 Å². The van der Waals surface area contributed by atoms with E-state index >= 15 is 0 Å². The monoisotopic (exact) mass is 192 g/mol. The van der Waals surface area contributed by atoms with Gasteiger partial charge in [-0.2, -0.15) is 0 Å². The first kappa shape index (κ1) is 7.99. The second-order valence-electron chi connectivity index (χ2n) is 1.30. The van der Waals surface area contributed by atoms with Gasteiger partial charge in [-0.05, 0) is 12.1 Å². The standard InChI is InChI=1S/C6H5Br.ClH/c7-6-4-2-1-3-5-6;/h1-5H;1H. The molecule has 0 aliphatic rings. The van der Waals surface area contributed by atoms with Crippen molar-refractivity contribution in [1.82, 2.24) is 0 Å². The van der Waals surface area contributed by atoms with Gasteiger partial charge in [-0.1, -0.05) is 34.1 Å². The predicted octanol–water partition coefficient (Wildman–Crippen LogP) is 2.87. The second kappa shape index (κ2) is 3.93. The van der Waals surface area contributed by atoms with Gasteiger partial charge in [-0.25, -0.2) is 0 Å². The summed E-state index contributed by atoms with van der Waals surface area (Å²) >= 11 is 3.31. The van der Waals surface area contributed by atoms with Gasteiger partial charge in [0.05, 0.1) is 0 Å². The van der Waals surface area contributed by atoms with Crippen LogP contribution in [-0.2, 0) is 0 Å². The molecule has 0 aromatic heterocycles. The minimum absolute atomic E-state index is 0. The molecule has 2 heteroatoms. The maximum Gasteiger partial charge on any atom is 0.0175 e. The van der Waals surface area contributed by atoms with Gasteiger partial charge < -0.3 is 0 Å². The number of benzene rings is 1. The van der Waals surface area contributed by atoms with Crippen LogP contribution in [0.15, 0.2) is 34.8 Å². The van der Waals surface area contributed by atoms with Crippen molar-refractivity contribution in [3.63, 3.8) is 0 Å². The summed E-state index contributed by atoms with van der Waals surface area (Å²) in [5.74, 6) is 0. The van der Waals surface area contributed by atoms with Crippen molar-refractivity contribution in [2.45, 2.75) is 0 Å². The molecule has 44 valence electrons. The van der Waals surface area contributed by atoms with E-state index in [2.05, 4.69) is 15.9 Å². The van der Waals surface area contributed by atoms with Crippen LogP contribution in [0.5, 0.6) is 0 Å². The minimum atomic E-state index is 0. The van der Waals surface area contributed by atoms with Crippen molar-refractivity contribution in [2.24, 2.45) is 0 Å². The average molecular weight is 193 g/mol. The van der Waals surface area contributed by atoms with Gasteiger partial charge in [0.2, 0.25) is 0 Å². The maximum absolute atomic E-state index is 3.31. The van der Waals surface area contributed by atoms with E-state index < -0.39 is 0 Å². The number of halogens is 2. The predicted molar refractivity (Wildman–Crippen MR) is 41.4 cm³/mol. The lowest BCUT2D eigenvalue weighted by Gasteiger charge is -1.80. The van der Waals surface area contributed by atoms with Crippen LogP contribution in [-0.4, -0.2) is 0 Å². The normalized spacial score (nSPS) is 7.62. The smallest absolute Gasteiger partial charge is 0.0175 e. The summed E-state index contributed by atoms with van der Waals surface area (Å²) in [7, 11) is 0. The van der Waals surface area contributed by atoms with Gasteiger partial charge in [-0.3, -0.25) is 0 Å². The van der Waals surface area contributed by atoms with Crippen LogP contribution in [0.1, 0.15) is 0 Å². The second-order valence-corrected chi connectivity index (χ2v) is 2.21. The van der Waals surface area contributed by atoms with Crippen molar-refractivity contribution < 1.29 is 0 Å². The highest BCUT2D eigenvalue weighted by Crippen LogP contribution is 2.05. The third-order valence-electron chi connectivity index (χ3n) is 0.733. The number of hydrogen-bond donors (Lipinski definition) is 0. The van der Waals surface area contributed by atoms with Crippen LogP contribution in [0.25, 0.3) is 0 Å². The Morgan fingerprint density at radius 1 is 1.00 bits per heavy atom. The van der Waals surface area contributed by atoms with Crippen LogP contribution in [0.2, 0.25) is 0 Å². The molecule has 0 fully saturated rings. The topological polar surface area (TPSA) is 0 Å². The lowest BCUT2D eigenvalue weighted by Crippen LogP contribution is -1.55. The Hall–Kier alpha value is -0.0100. The molecule has 8 heavy (non-hydrogen) atoms. The van der Waals surface area contributed by atoms with E-state index in [-0.39, 0.29) is 12.4 Å². The lowest BCUT2D eigenvalue weighted by molar-refractivity contribution is 1.66. The Kier molecular flexibility index (Phi) is 3.92. The Morgan fingerprint density at radius 2 is 1.50 bits per heavy atom. The molecule has 0 amide bonds. The van der Waals surface area contributed by atoms with Crippen LogP contribution in [0.3, 0.4) is 0 Å². The molecule has 1 aromatic carbocycles. The highest BCUT2D eigenvalue weighted by atomic mass is 79.9. The molecular formula is C6H6BrCl. The summed E-state index contributed by atoms with van der Waals surface area (Å²) in [6, 6.07) is 9.97. The molecule has 0 N–H and O–H groups in total. The van der Waals surface area contributed by atoms with Gasteiger partial charge >= 0.3 is 0 Å². The van der Waals surface area contributed by atoms with Gasteiger partial charge in [0.15, 0.2) is 0 Å². The fourth-order valence-corrected chi connectivity index (χ4v) is 0.720. The Morgan fingerprint density at radius 3 is 1.75 bits per heavy atom. The molecule has 0 saturated carbocycles. The van der Waals surface area contributed by atoms with Crippen molar-refractivity contribution in [3.05, 3.63) is 34.8 Å². The first-order chi connectivity index (χ1) is 3.39. The zero-order valence-corrected chi connectivity index (χ0v) is 6.58. The quantitative estimate of drug-likeness (QED) is 0.594. The molecule has 1 aromatic rings. The highest BCUT2D eigenvalue weighted by Gasteiger charge is 1.74. The molecule has 0 saturated heterocycles. The molecule has 0 radical (unpaired) electrons. The van der Waals surface area contributed by atoms with E-state index in [1.165, 1.54) is 0 Å². The molecule has 1 rings (SSSR count). The number of rotatable bonds is 0. The average Bonchev–Trinajstić information content (AvgIpc) is 1.69. The zero-order chi connectivity index (χ0) is 5.11. The maximum atomic E-state index is 3.31. The van der Waals surface area contributed by atoms with E-state index in [1.54, 1.807) is 0 Å². The molecular weight excluding hydrogens is 187 g/mol. The molecule has 0 unspecified atom stereocenters. The Balaban J connectivity index is 0.000000490. The van der Waals surface area contributed by atoms with E-state index in [0.29, 0.717) is 0 Å². The molecule has 0 aliphatic carbocycles. The summed E-state index contributed by atoms with van der Waals surface area (Å²) < 4.78 is 1.13. The van der Waals surface area contributed by atoms with Gasteiger partial charge in [-0.15, -0.1) is 12.4 Å². The molecule has 0 nitrogen and oxygen atoms in total. The van der Waals surface area contributed by atoms with Crippen LogP contribution < -0.4 is 0 Å². The largest absolute Gasteiger partial charge is 0.147 e. The fraction of sp³-hybridized carbons (Fsp3) is 0. The van der Waals surface area contributed by atoms with E-state index in [0.717, 1.165) is 4.47 Å². The summed E-state index contributed by atoms with van der Waals surface area (Å²) in [5.41, 5.74) is 0. The third-order valence-corrected chi connectivity index (χ3v) is 1.26. The molecule has 0 aliphatic heterocycles. The zero-order valence-electron chi connectivity index (χ0n) is 4.17. The van der Waals surface area contributed by atoms with Crippen molar-refractivity contribution >= 4 is 28.3 Å². The highest BCUT2D eigenvalue weighted by molar-refractivity contribution is 9.10. The minimum Gasteiger partial charge on any atom is -0.147 e. The summed E-state index contributed by atoms with van der Waals surface area (Å²) in [6.07, 6.45) is 0. The van der Waals surface area contributed by atoms with Crippen LogP contribution >= 0.6 is 28.3 Å². The van der Waals surface area contributed by atoms with Gasteiger partial charge in [0, 0.05) is 4.47 Å². The Bertz CT molecular complexity index is 138. The lowest BCUT2D eigenvalue weighted by atomic mass is 10.4. The molecule has 0 heterocycles. The fourth-order valence-electron chi connectivity index (χ4n) is 0.415. The van der Waals surface area contributed by atoms with Crippen LogP contribution in [0, 0.1) is 0 Å². The first-order valence-corrected chi connectivity index (χ1v) is 2.89. The molecule has 0 spiro atoms. The summed E-state index contributed by atoms with van der Waals surface area (Å²) in [5, 5.41) is 0. The van der Waals surface area contributed by atoms with Gasteiger partial charge in [0.1, 0.15) is 0 Å². The summed E-state index contributed by atoms with van der Waals surface area (Å²) in [6.45, 7) is 0.